The van der Waals surface area contributed by atoms with Crippen molar-refractivity contribution < 1.29 is 96.6 Å². The first-order valence-electron chi connectivity index (χ1n) is 21.4. The van der Waals surface area contributed by atoms with Crippen molar-refractivity contribution in [2.45, 2.75) is 92.8 Å². The Balaban J connectivity index is -0.000000386. The molecule has 0 fully saturated rings. The van der Waals surface area contributed by atoms with E-state index in [0.29, 0.717) is 18.8 Å². The summed E-state index contributed by atoms with van der Waals surface area (Å²) in [4.78, 5) is 64.4. The van der Waals surface area contributed by atoms with Crippen molar-refractivity contribution in [3.8, 4) is 0 Å². The zero-order chi connectivity index (χ0) is 50.9. The van der Waals surface area contributed by atoms with Crippen LogP contribution in [0.5, 0.6) is 0 Å². The van der Waals surface area contributed by atoms with Crippen LogP contribution in [0.3, 0.4) is 0 Å². The number of amides is 4. The largest absolute Gasteiger partial charge is 1.00 e. The predicted molar refractivity (Wildman–Crippen MR) is 254 cm³/mol. The molecule has 4 N–H and O–H groups in total. The van der Waals surface area contributed by atoms with Gasteiger partial charge in [-0.3, -0.25) is 19.2 Å². The third-order valence-electron chi connectivity index (χ3n) is 8.47. The molecule has 0 saturated heterocycles. The first-order chi connectivity index (χ1) is 31.1. The minimum absolute atomic E-state index is 0. The minimum atomic E-state index is -1.15. The molecule has 4 amide bonds. The van der Waals surface area contributed by atoms with E-state index in [0.717, 1.165) is 67.7 Å². The summed E-state index contributed by atoms with van der Waals surface area (Å²) in [6.07, 6.45) is 5.04. The average Bonchev–Trinajstić information content (AvgIpc) is 3.25. The molecule has 376 valence electrons. The SMILES string of the molecule is C=C(C)C(=O)OCC(COC)OC.CC(=O)NCCCCCCNC(C)=O.CC(=O)Nc1ccc(Cc2ccc(NC(C)=O)cc2)cc1.COCC(C)(COC)C(=O)[O-].COCC(C)OC.[Na+]. The molecule has 2 atom stereocenters. The van der Waals surface area contributed by atoms with Crippen LogP contribution in [0.4, 0.5) is 11.4 Å². The second-order valence-electron chi connectivity index (χ2n) is 15.2. The molecule has 0 aliphatic rings. The van der Waals surface area contributed by atoms with Crippen LogP contribution < -0.4 is 55.9 Å². The molecule has 0 saturated carbocycles. The van der Waals surface area contributed by atoms with Crippen LogP contribution in [-0.4, -0.2) is 137 Å². The molecule has 18 nitrogen and oxygen atoms in total. The normalized spacial score (nSPS) is 10.9. The predicted octanol–water partition coefficient (Wildman–Crippen LogP) is 1.49. The first-order valence-corrected chi connectivity index (χ1v) is 21.4. The fraction of sp³-hybridized carbons (Fsp3) is 0.583. The van der Waals surface area contributed by atoms with Gasteiger partial charge >= 0.3 is 35.5 Å². The standard InChI is InChI=1S/C17H18N2O2.C10H20N2O2.C9H16O4.C7H14O4.C5H12O2.Na/c1-12(20)18-16-7-3-14(4-8-16)11-15-5-9-17(10-6-15)19-13(2)21;1-9(13)11-7-5-3-4-6-8-12-10(2)14;1-7(2)9(10)13-6-8(12-4)5-11-3;1-7(4-10-2,5-11-3)6(8)9;1-5(7-3)4-6-2;/h3-10H,11H2,1-2H3,(H,18,20)(H,19,21);3-8H2,1-2H3,(H,11,13)(H,12,14);8H,1,5-6H2,2-4H3;4-5H2,1-3H3,(H,8,9);5H,4H2,1-3H3;/q;;;;;+1/p-1. The van der Waals surface area contributed by atoms with Gasteiger partial charge in [-0.1, -0.05) is 43.7 Å². The number of hydrogen-bond donors (Lipinski definition) is 4. The molecule has 0 aliphatic carbocycles. The van der Waals surface area contributed by atoms with Gasteiger partial charge in [0.2, 0.25) is 23.6 Å². The van der Waals surface area contributed by atoms with Crippen molar-refractivity contribution in [1.29, 1.82) is 0 Å². The van der Waals surface area contributed by atoms with Crippen LogP contribution in [0.2, 0.25) is 0 Å². The van der Waals surface area contributed by atoms with Gasteiger partial charge < -0.3 is 64.3 Å². The Morgan fingerprint density at radius 3 is 1.27 bits per heavy atom. The van der Waals surface area contributed by atoms with Crippen molar-refractivity contribution in [1.82, 2.24) is 10.6 Å². The molecule has 2 aromatic rings. The molecule has 0 bridgehead atoms. The Morgan fingerprint density at radius 1 is 0.597 bits per heavy atom. The van der Waals surface area contributed by atoms with Gasteiger partial charge in [-0.15, -0.1) is 0 Å². The number of esters is 1. The third-order valence-corrected chi connectivity index (χ3v) is 8.47. The van der Waals surface area contributed by atoms with Crippen LogP contribution in [0.25, 0.3) is 0 Å². The van der Waals surface area contributed by atoms with E-state index in [1.807, 2.05) is 55.5 Å². The summed E-state index contributed by atoms with van der Waals surface area (Å²) >= 11 is 0. The smallest absolute Gasteiger partial charge is 0.549 e. The number of nitrogens with one attached hydrogen (secondary N) is 4. The second kappa shape index (κ2) is 44.3. The zero-order valence-electron chi connectivity index (χ0n) is 42.7. The molecule has 0 heterocycles. The summed E-state index contributed by atoms with van der Waals surface area (Å²) in [5.41, 5.74) is 3.27. The van der Waals surface area contributed by atoms with Gasteiger partial charge in [-0.05, 0) is 75.4 Å². The van der Waals surface area contributed by atoms with Crippen molar-refractivity contribution in [3.05, 3.63) is 71.8 Å². The number of rotatable bonds is 25. The number of carboxylic acids is 1. The molecular weight excluding hydrogens is 880 g/mol. The topological polar surface area (TPSA) is 238 Å². The number of carbonyl (C=O) groups excluding carboxylic acids is 6. The van der Waals surface area contributed by atoms with E-state index in [4.69, 9.17) is 33.2 Å². The van der Waals surface area contributed by atoms with E-state index < -0.39 is 17.4 Å². The Bertz CT molecular complexity index is 1560. The summed E-state index contributed by atoms with van der Waals surface area (Å²) in [6.45, 7) is 17.6. The molecule has 2 unspecified atom stereocenters. The maximum absolute atomic E-state index is 11.0. The monoisotopic (exact) mass is 959 g/mol. The van der Waals surface area contributed by atoms with Crippen LogP contribution >= 0.6 is 0 Å². The van der Waals surface area contributed by atoms with Crippen LogP contribution in [0.1, 0.15) is 85.3 Å². The molecule has 0 spiro atoms. The Kier molecular flexibility index (Phi) is 45.8. The van der Waals surface area contributed by atoms with E-state index in [1.54, 1.807) is 28.3 Å². The van der Waals surface area contributed by atoms with Crippen LogP contribution in [0.15, 0.2) is 60.7 Å². The van der Waals surface area contributed by atoms with E-state index in [9.17, 15) is 33.9 Å². The number of methoxy groups -OCH3 is 6. The summed E-state index contributed by atoms with van der Waals surface area (Å²) in [5, 5.41) is 21.5. The molecule has 19 heteroatoms. The molecule has 67 heavy (non-hydrogen) atoms. The van der Waals surface area contributed by atoms with Gasteiger partial charge in [0.25, 0.3) is 0 Å². The number of hydrogen-bond acceptors (Lipinski definition) is 14. The molecule has 2 rings (SSSR count). The zero-order valence-corrected chi connectivity index (χ0v) is 44.7. The van der Waals surface area contributed by atoms with Gasteiger partial charge in [-0.25, -0.2) is 4.79 Å². The number of ether oxygens (including phenoxy) is 7. The molecule has 0 aromatic heterocycles. The fourth-order valence-corrected chi connectivity index (χ4v) is 4.95. The maximum Gasteiger partial charge on any atom is 1.00 e. The molecule has 0 radical (unpaired) electrons. The number of unbranched alkanes of at least 4 members (excludes halogenated alkanes) is 3. The number of carboxylic acid groups (broad SMARTS) is 1. The van der Waals surface area contributed by atoms with Gasteiger partial charge in [-0.2, -0.15) is 0 Å². The van der Waals surface area contributed by atoms with Crippen molar-refractivity contribution in [2.24, 2.45) is 5.41 Å². The average molecular weight is 959 g/mol. The van der Waals surface area contributed by atoms with E-state index in [-0.39, 0.29) is 85.2 Å². The van der Waals surface area contributed by atoms with Crippen molar-refractivity contribution in [3.63, 3.8) is 0 Å². The van der Waals surface area contributed by atoms with Crippen molar-refractivity contribution in [2.75, 3.05) is 99.4 Å². The van der Waals surface area contributed by atoms with Crippen LogP contribution in [0, 0.1) is 5.41 Å². The number of benzene rings is 2. The van der Waals surface area contributed by atoms with Gasteiger partial charge in [0, 0.05) is 100 Å². The molecule has 2 aromatic carbocycles. The fourth-order valence-electron chi connectivity index (χ4n) is 4.95. The maximum atomic E-state index is 11.0. The first kappa shape index (κ1) is 69.3. The summed E-state index contributed by atoms with van der Waals surface area (Å²) in [7, 11) is 9.32. The third kappa shape index (κ3) is 42.8. The van der Waals surface area contributed by atoms with Crippen LogP contribution in [-0.2, 0) is 68.3 Å². The summed E-state index contributed by atoms with van der Waals surface area (Å²) < 4.78 is 33.8. The molecular formula is C48H79N4NaO14. The quantitative estimate of drug-likeness (QED) is 0.0478. The van der Waals surface area contributed by atoms with E-state index in [2.05, 4.69) is 27.8 Å². The summed E-state index contributed by atoms with van der Waals surface area (Å²) in [5.74, 6) is -1.64. The second-order valence-corrected chi connectivity index (χ2v) is 15.2. The Labute approximate surface area is 421 Å². The van der Waals surface area contributed by atoms with E-state index in [1.165, 1.54) is 55.9 Å². The minimum Gasteiger partial charge on any atom is -0.549 e. The number of carbonyl (C=O) groups is 6. The molecule has 0 aliphatic heterocycles. The van der Waals surface area contributed by atoms with Crippen molar-refractivity contribution >= 4 is 46.9 Å². The van der Waals surface area contributed by atoms with Gasteiger partial charge in [0.1, 0.15) is 12.7 Å². The van der Waals surface area contributed by atoms with Gasteiger partial charge in [0.05, 0.1) is 43.9 Å². The van der Waals surface area contributed by atoms with Gasteiger partial charge in [0.15, 0.2) is 0 Å². The Hall–Kier alpha value is -4.24. The number of anilines is 2. The van der Waals surface area contributed by atoms with E-state index >= 15 is 0 Å². The Morgan fingerprint density at radius 2 is 1.00 bits per heavy atom. The summed E-state index contributed by atoms with van der Waals surface area (Å²) in [6, 6.07) is 15.5. The number of aliphatic carboxylic acids is 1.